The Morgan fingerprint density at radius 3 is 2.62 bits per heavy atom. The highest BCUT2D eigenvalue weighted by Crippen LogP contribution is 2.28. The summed E-state index contributed by atoms with van der Waals surface area (Å²) < 4.78 is 46.3. The molecule has 0 unspecified atom stereocenters. The molecule has 0 amide bonds. The Hall–Kier alpha value is -4.64. The Morgan fingerprint density at radius 1 is 0.949 bits per heavy atom. The van der Waals surface area contributed by atoms with Crippen LogP contribution in [0.3, 0.4) is 0 Å². The third-order valence-corrected chi connectivity index (χ3v) is 8.19. The summed E-state index contributed by atoms with van der Waals surface area (Å²) in [6.07, 6.45) is 0.851. The smallest absolute Gasteiger partial charge is 0.343 e. The van der Waals surface area contributed by atoms with Gasteiger partial charge in [-0.2, -0.15) is 3.97 Å². The molecule has 0 spiro atoms. The van der Waals surface area contributed by atoms with E-state index in [9.17, 15) is 18.0 Å². The lowest BCUT2D eigenvalue weighted by Crippen LogP contribution is -2.30. The van der Waals surface area contributed by atoms with Gasteiger partial charge >= 0.3 is 11.3 Å². The number of ether oxygens (including phenoxy) is 1. The second-order valence-corrected chi connectivity index (χ2v) is 11.0. The summed E-state index contributed by atoms with van der Waals surface area (Å²) in [4.78, 5) is 25.3. The molecule has 0 aliphatic carbocycles. The molecular formula is C28H23N3O7S. The molecule has 3 aromatic heterocycles. The van der Waals surface area contributed by atoms with Gasteiger partial charge in [-0.05, 0) is 61.4 Å². The average Bonchev–Trinajstić information content (AvgIpc) is 3.42. The van der Waals surface area contributed by atoms with E-state index in [0.717, 1.165) is 16.0 Å². The highest BCUT2D eigenvalue weighted by molar-refractivity contribution is 7.90. The SMILES string of the molecule is CCCOc1cccc(Cn2c(=O)n(S(=O)(=O)c3ccc4oc(=O)ccc4c3)c3cc4onc(C)c4cc32)c1. The van der Waals surface area contributed by atoms with Crippen LogP contribution in [0.2, 0.25) is 0 Å². The topological polar surface area (TPSA) is 127 Å². The van der Waals surface area contributed by atoms with Gasteiger partial charge in [0.05, 0.1) is 34.8 Å². The monoisotopic (exact) mass is 545 g/mol. The molecule has 6 rings (SSSR count). The summed E-state index contributed by atoms with van der Waals surface area (Å²) in [5.41, 5.74) is 1.26. The van der Waals surface area contributed by atoms with Gasteiger partial charge in [0, 0.05) is 22.9 Å². The second kappa shape index (κ2) is 9.28. The largest absolute Gasteiger partial charge is 0.494 e. The summed E-state index contributed by atoms with van der Waals surface area (Å²) in [6, 6.07) is 17.3. The fraction of sp³-hybridized carbons (Fsp3) is 0.179. The third-order valence-electron chi connectivity index (χ3n) is 6.50. The number of benzene rings is 3. The normalized spacial score (nSPS) is 12.1. The van der Waals surface area contributed by atoms with Gasteiger partial charge in [-0.15, -0.1) is 0 Å². The fourth-order valence-electron chi connectivity index (χ4n) is 4.61. The van der Waals surface area contributed by atoms with Gasteiger partial charge in [0.1, 0.15) is 11.3 Å². The van der Waals surface area contributed by atoms with Crippen LogP contribution in [0.5, 0.6) is 5.75 Å². The molecule has 0 radical (unpaired) electrons. The maximum atomic E-state index is 13.9. The number of rotatable bonds is 7. The minimum absolute atomic E-state index is 0.111. The minimum Gasteiger partial charge on any atom is -0.494 e. The van der Waals surface area contributed by atoms with Crippen molar-refractivity contribution in [1.29, 1.82) is 0 Å². The van der Waals surface area contributed by atoms with E-state index in [4.69, 9.17) is 13.7 Å². The molecule has 11 heteroatoms. The maximum absolute atomic E-state index is 13.9. The lowest BCUT2D eigenvalue weighted by molar-refractivity contribution is 0.317. The van der Waals surface area contributed by atoms with Crippen LogP contribution in [0.15, 0.2) is 90.2 Å². The first kappa shape index (κ1) is 24.7. The van der Waals surface area contributed by atoms with Crippen LogP contribution in [-0.4, -0.2) is 28.7 Å². The van der Waals surface area contributed by atoms with E-state index >= 15 is 0 Å². The van der Waals surface area contributed by atoms with Crippen molar-refractivity contribution < 1.29 is 22.1 Å². The third kappa shape index (κ3) is 4.20. The van der Waals surface area contributed by atoms with Gasteiger partial charge in [-0.1, -0.05) is 24.2 Å². The predicted octanol–water partition coefficient (Wildman–Crippen LogP) is 4.43. The van der Waals surface area contributed by atoms with E-state index in [1.807, 2.05) is 31.2 Å². The molecule has 0 fully saturated rings. The van der Waals surface area contributed by atoms with Crippen LogP contribution in [0.1, 0.15) is 24.6 Å². The molecule has 0 saturated carbocycles. The maximum Gasteiger partial charge on any atom is 0.343 e. The zero-order chi connectivity index (χ0) is 27.3. The Morgan fingerprint density at radius 2 is 1.79 bits per heavy atom. The lowest BCUT2D eigenvalue weighted by Gasteiger charge is -2.08. The fourth-order valence-corrected chi connectivity index (χ4v) is 6.05. The predicted molar refractivity (Wildman–Crippen MR) is 145 cm³/mol. The van der Waals surface area contributed by atoms with E-state index in [1.54, 1.807) is 13.0 Å². The number of hydrogen-bond donors (Lipinski definition) is 0. The van der Waals surface area contributed by atoms with E-state index in [0.29, 0.717) is 39.9 Å². The van der Waals surface area contributed by atoms with Crippen molar-refractivity contribution in [2.75, 3.05) is 6.61 Å². The first-order valence-electron chi connectivity index (χ1n) is 12.3. The Kier molecular flexibility index (Phi) is 5.87. The molecule has 0 N–H and O–H groups in total. The second-order valence-electron chi connectivity index (χ2n) is 9.19. The zero-order valence-electron chi connectivity index (χ0n) is 21.1. The molecule has 0 aliphatic rings. The minimum atomic E-state index is -4.37. The van der Waals surface area contributed by atoms with Crippen molar-refractivity contribution in [3.8, 4) is 5.75 Å². The molecular weight excluding hydrogens is 522 g/mol. The molecule has 0 saturated heterocycles. The molecule has 0 atom stereocenters. The van der Waals surface area contributed by atoms with Crippen LogP contribution >= 0.6 is 0 Å². The number of imidazole rings is 1. The highest BCUT2D eigenvalue weighted by atomic mass is 32.2. The zero-order valence-corrected chi connectivity index (χ0v) is 21.9. The van der Waals surface area contributed by atoms with Gasteiger partial charge in [0.15, 0.2) is 5.58 Å². The summed E-state index contributed by atoms with van der Waals surface area (Å²) in [7, 11) is -4.37. The van der Waals surface area contributed by atoms with Crippen LogP contribution in [-0.2, 0) is 16.6 Å². The summed E-state index contributed by atoms with van der Waals surface area (Å²) in [5.74, 6) is 0.666. The Balaban J connectivity index is 1.56. The van der Waals surface area contributed by atoms with Gasteiger partial charge in [-0.25, -0.2) is 18.0 Å². The van der Waals surface area contributed by atoms with E-state index in [2.05, 4.69) is 5.16 Å². The van der Waals surface area contributed by atoms with E-state index < -0.39 is 21.3 Å². The van der Waals surface area contributed by atoms with Crippen LogP contribution in [0.25, 0.3) is 33.0 Å². The Bertz CT molecular complexity index is 2120. The molecule has 198 valence electrons. The number of fused-ring (bicyclic) bond motifs is 3. The van der Waals surface area contributed by atoms with Crippen molar-refractivity contribution in [3.63, 3.8) is 0 Å². The van der Waals surface area contributed by atoms with Gasteiger partial charge < -0.3 is 13.7 Å². The number of hydrogen-bond acceptors (Lipinski definition) is 8. The van der Waals surface area contributed by atoms with Gasteiger partial charge in [-0.3, -0.25) is 4.57 Å². The average molecular weight is 546 g/mol. The first-order valence-corrected chi connectivity index (χ1v) is 13.7. The first-order chi connectivity index (χ1) is 18.8. The quantitative estimate of drug-likeness (QED) is 0.270. The van der Waals surface area contributed by atoms with Crippen molar-refractivity contribution in [3.05, 3.63) is 98.9 Å². The van der Waals surface area contributed by atoms with Gasteiger partial charge in [0.25, 0.3) is 10.0 Å². The van der Waals surface area contributed by atoms with Crippen molar-refractivity contribution in [2.45, 2.75) is 31.7 Å². The van der Waals surface area contributed by atoms with Gasteiger partial charge in [0.2, 0.25) is 0 Å². The van der Waals surface area contributed by atoms with E-state index in [1.165, 1.54) is 41.0 Å². The number of aromatic nitrogens is 3. The van der Waals surface area contributed by atoms with Crippen LogP contribution in [0.4, 0.5) is 0 Å². The van der Waals surface area contributed by atoms with Crippen LogP contribution < -0.4 is 16.1 Å². The summed E-state index contributed by atoms with van der Waals surface area (Å²) >= 11 is 0. The van der Waals surface area contributed by atoms with Crippen LogP contribution in [0, 0.1) is 6.92 Å². The molecule has 3 aromatic carbocycles. The summed E-state index contributed by atoms with van der Waals surface area (Å²) in [6.45, 7) is 4.45. The molecule has 10 nitrogen and oxygen atoms in total. The molecule has 6 aromatic rings. The lowest BCUT2D eigenvalue weighted by atomic mass is 10.2. The standard InChI is InChI=1S/C28H23N3O7S/c1-3-11-36-20-6-4-5-18(12-20)16-30-23-14-22-17(2)29-38-26(22)15-24(23)31(28(30)33)39(34,35)21-8-9-25-19(13-21)7-10-27(32)37-25/h4-10,12-15H,3,11,16H2,1-2H3. The van der Waals surface area contributed by atoms with Crippen molar-refractivity contribution >= 4 is 43.0 Å². The number of nitrogens with zero attached hydrogens (tertiary/aromatic N) is 3. The molecule has 39 heavy (non-hydrogen) atoms. The molecule has 0 bridgehead atoms. The summed E-state index contributed by atoms with van der Waals surface area (Å²) in [5, 5.41) is 5.07. The highest BCUT2D eigenvalue weighted by Gasteiger charge is 2.27. The van der Waals surface area contributed by atoms with E-state index in [-0.39, 0.29) is 22.5 Å². The molecule has 0 aliphatic heterocycles. The van der Waals surface area contributed by atoms with Crippen molar-refractivity contribution in [2.24, 2.45) is 0 Å². The molecule has 3 heterocycles. The van der Waals surface area contributed by atoms with Crippen molar-refractivity contribution in [1.82, 2.24) is 13.7 Å². The number of aryl methyl sites for hydroxylation is 1. The Labute approximate surface area is 221 Å².